The van der Waals surface area contributed by atoms with Gasteiger partial charge in [-0.25, -0.2) is 5.43 Å². The lowest BCUT2D eigenvalue weighted by Crippen LogP contribution is -2.55. The maximum absolute atomic E-state index is 13.8. The largest absolute Gasteiger partial charge is 0.406 e. The molecule has 3 unspecified atom stereocenters. The fourth-order valence-electron chi connectivity index (χ4n) is 3.94. The molecule has 0 radical (unpaired) electrons. The Kier molecular flexibility index (Phi) is 5.40. The number of nitrogens with zero attached hydrogens (tertiary/aromatic N) is 2. The molecule has 31 heavy (non-hydrogen) atoms. The second kappa shape index (κ2) is 8.03. The molecule has 1 fully saturated rings. The van der Waals surface area contributed by atoms with Crippen molar-refractivity contribution in [2.45, 2.75) is 37.6 Å². The van der Waals surface area contributed by atoms with Crippen LogP contribution < -0.4 is 16.1 Å². The Hall–Kier alpha value is -3.40. The first kappa shape index (κ1) is 20.9. The van der Waals surface area contributed by atoms with Gasteiger partial charge in [0.15, 0.2) is 0 Å². The summed E-state index contributed by atoms with van der Waals surface area (Å²) in [5.74, 6) is -2.18. The van der Waals surface area contributed by atoms with Gasteiger partial charge in [-0.3, -0.25) is 19.6 Å². The quantitative estimate of drug-likeness (QED) is 0.693. The van der Waals surface area contributed by atoms with Gasteiger partial charge in [0.25, 0.3) is 5.91 Å². The predicted octanol–water partition coefficient (Wildman–Crippen LogP) is 2.68. The van der Waals surface area contributed by atoms with Crippen molar-refractivity contribution in [1.82, 2.24) is 20.7 Å². The zero-order chi connectivity index (χ0) is 22.2. The number of hydrazine groups is 1. The number of amides is 2. The number of carbonyl (C=O) groups is 2. The van der Waals surface area contributed by atoms with E-state index in [9.17, 15) is 22.8 Å². The van der Waals surface area contributed by atoms with Gasteiger partial charge in [-0.2, -0.15) is 13.2 Å². The Labute approximate surface area is 176 Å². The van der Waals surface area contributed by atoms with Gasteiger partial charge in [-0.1, -0.05) is 30.3 Å². The van der Waals surface area contributed by atoms with Gasteiger partial charge < -0.3 is 10.6 Å². The number of hydrogen-bond acceptors (Lipinski definition) is 5. The van der Waals surface area contributed by atoms with Crippen LogP contribution in [0.4, 0.5) is 18.9 Å². The molecular weight excluding hydrogens is 411 g/mol. The maximum Gasteiger partial charge on any atom is 0.406 e. The van der Waals surface area contributed by atoms with Crippen LogP contribution in [0.25, 0.3) is 0 Å². The zero-order valence-corrected chi connectivity index (χ0v) is 16.5. The summed E-state index contributed by atoms with van der Waals surface area (Å²) in [4.78, 5) is 29.4. The van der Waals surface area contributed by atoms with Crippen LogP contribution in [0.1, 0.15) is 24.8 Å². The number of nitrogens with one attached hydrogen (secondary N) is 3. The molecule has 2 aliphatic heterocycles. The van der Waals surface area contributed by atoms with Gasteiger partial charge in [0.1, 0.15) is 12.2 Å². The lowest BCUT2D eigenvalue weighted by molar-refractivity contribution is -0.161. The fraction of sp³-hybridized carbons (Fsp3) is 0.286. The van der Waals surface area contributed by atoms with Crippen molar-refractivity contribution in [3.05, 3.63) is 71.7 Å². The van der Waals surface area contributed by atoms with E-state index >= 15 is 0 Å². The summed E-state index contributed by atoms with van der Waals surface area (Å²) in [7, 11) is 0. The Morgan fingerprint density at radius 2 is 1.94 bits per heavy atom. The number of allylic oxidation sites excluding steroid dienone is 1. The van der Waals surface area contributed by atoms with Gasteiger partial charge in [0.2, 0.25) is 5.91 Å². The van der Waals surface area contributed by atoms with E-state index in [0.717, 1.165) is 5.01 Å². The molecule has 0 spiro atoms. The lowest BCUT2D eigenvalue weighted by atomic mass is 9.89. The second-order valence-electron chi connectivity index (χ2n) is 7.42. The summed E-state index contributed by atoms with van der Waals surface area (Å²) in [5.41, 5.74) is 3.71. The van der Waals surface area contributed by atoms with Crippen LogP contribution in [-0.4, -0.2) is 40.2 Å². The molecule has 0 aliphatic carbocycles. The molecule has 1 saturated heterocycles. The third-order valence-electron chi connectivity index (χ3n) is 5.37. The van der Waals surface area contributed by atoms with Crippen LogP contribution in [-0.2, 0) is 9.59 Å². The van der Waals surface area contributed by atoms with Crippen LogP contribution in [0.5, 0.6) is 0 Å². The van der Waals surface area contributed by atoms with Crippen molar-refractivity contribution in [2.75, 3.05) is 5.32 Å². The summed E-state index contributed by atoms with van der Waals surface area (Å²) in [6.07, 6.45) is -2.80. The van der Waals surface area contributed by atoms with Crippen molar-refractivity contribution in [3.63, 3.8) is 0 Å². The predicted molar refractivity (Wildman–Crippen MR) is 106 cm³/mol. The number of hydrogen-bond donors (Lipinski definition) is 3. The number of rotatable bonds is 4. The molecule has 0 bridgehead atoms. The third-order valence-corrected chi connectivity index (χ3v) is 5.37. The number of pyridine rings is 1. The number of fused-ring (bicyclic) bond motifs is 1. The average Bonchev–Trinajstić information content (AvgIpc) is 3.12. The highest BCUT2D eigenvalue weighted by Crippen LogP contribution is 2.41. The number of benzene rings is 1. The standard InChI is InChI=1S/C21H20F3N5O2/c1-12-15(10-16(30)27-14-8-5-9-25-11-14)20(31)29-19(26-12)17(13-6-3-2-4-7-13)18(28-29)21(22,23)24/h2-9,11,17-19,26,28H,10H2,1H3,(H,27,30). The first-order valence-corrected chi connectivity index (χ1v) is 9.63. The highest BCUT2D eigenvalue weighted by atomic mass is 19.4. The van der Waals surface area contributed by atoms with E-state index in [1.807, 2.05) is 0 Å². The molecule has 1 aromatic heterocycles. The summed E-state index contributed by atoms with van der Waals surface area (Å²) >= 11 is 0. The first-order chi connectivity index (χ1) is 14.8. The minimum absolute atomic E-state index is 0.0970. The molecule has 0 saturated carbocycles. The Balaban J connectivity index is 1.59. The maximum atomic E-state index is 13.8. The second-order valence-corrected chi connectivity index (χ2v) is 7.42. The van der Waals surface area contributed by atoms with Crippen molar-refractivity contribution in [2.24, 2.45) is 0 Å². The van der Waals surface area contributed by atoms with E-state index in [1.54, 1.807) is 55.6 Å². The van der Waals surface area contributed by atoms with E-state index in [2.05, 4.69) is 21.0 Å². The first-order valence-electron chi connectivity index (χ1n) is 9.63. The van der Waals surface area contributed by atoms with E-state index in [-0.39, 0.29) is 12.0 Å². The van der Waals surface area contributed by atoms with E-state index in [4.69, 9.17) is 0 Å². The number of carbonyl (C=O) groups excluding carboxylic acids is 2. The van der Waals surface area contributed by atoms with E-state index in [0.29, 0.717) is 16.9 Å². The molecule has 2 aromatic rings. The fourth-order valence-corrected chi connectivity index (χ4v) is 3.94. The van der Waals surface area contributed by atoms with Gasteiger partial charge in [-0.15, -0.1) is 0 Å². The lowest BCUT2D eigenvalue weighted by Gasteiger charge is -2.35. The Morgan fingerprint density at radius 3 is 2.58 bits per heavy atom. The minimum Gasteiger partial charge on any atom is -0.367 e. The average molecular weight is 431 g/mol. The molecule has 7 nitrogen and oxygen atoms in total. The zero-order valence-electron chi connectivity index (χ0n) is 16.5. The van der Waals surface area contributed by atoms with Gasteiger partial charge >= 0.3 is 6.18 Å². The molecule has 3 N–H and O–H groups in total. The van der Waals surface area contributed by atoms with Gasteiger partial charge in [0.05, 0.1) is 24.2 Å². The molecular formula is C21H20F3N5O2. The highest BCUT2D eigenvalue weighted by molar-refractivity contribution is 6.03. The molecule has 10 heteroatoms. The number of aromatic nitrogens is 1. The molecule has 3 atom stereocenters. The molecule has 162 valence electrons. The van der Waals surface area contributed by atoms with Gasteiger partial charge in [0, 0.05) is 17.5 Å². The van der Waals surface area contributed by atoms with Crippen molar-refractivity contribution in [3.8, 4) is 0 Å². The van der Waals surface area contributed by atoms with Crippen LogP contribution in [0.3, 0.4) is 0 Å². The van der Waals surface area contributed by atoms with Crippen LogP contribution >= 0.6 is 0 Å². The topological polar surface area (TPSA) is 86.4 Å². The van der Waals surface area contributed by atoms with Gasteiger partial charge in [-0.05, 0) is 24.6 Å². The number of anilines is 1. The summed E-state index contributed by atoms with van der Waals surface area (Å²) in [5, 5.41) is 6.59. The van der Waals surface area contributed by atoms with Crippen molar-refractivity contribution in [1.29, 1.82) is 0 Å². The van der Waals surface area contributed by atoms with Crippen LogP contribution in [0.2, 0.25) is 0 Å². The summed E-state index contributed by atoms with van der Waals surface area (Å²) < 4.78 is 41.4. The van der Waals surface area contributed by atoms with Crippen LogP contribution in [0.15, 0.2) is 66.1 Å². The van der Waals surface area contributed by atoms with Crippen molar-refractivity contribution >= 4 is 17.5 Å². The Bertz CT molecular complexity index is 1010. The summed E-state index contributed by atoms with van der Waals surface area (Å²) in [6, 6.07) is 9.59. The van der Waals surface area contributed by atoms with Crippen LogP contribution in [0, 0.1) is 0 Å². The Morgan fingerprint density at radius 1 is 1.19 bits per heavy atom. The summed E-state index contributed by atoms with van der Waals surface area (Å²) in [6.45, 7) is 1.59. The normalized spacial score (nSPS) is 23.4. The number of alkyl halides is 3. The third kappa shape index (κ3) is 4.11. The molecule has 2 aliphatic rings. The highest BCUT2D eigenvalue weighted by Gasteiger charge is 2.57. The minimum atomic E-state index is -4.58. The molecule has 1 aromatic carbocycles. The van der Waals surface area contributed by atoms with E-state index < -0.39 is 36.1 Å². The SMILES string of the molecule is CC1=C(CC(=O)Nc2cccnc2)C(=O)N2NC(C(F)(F)F)C(c3ccccc3)C2N1. The molecule has 4 rings (SSSR count). The molecule has 3 heterocycles. The molecule has 2 amide bonds. The monoisotopic (exact) mass is 431 g/mol. The number of halogens is 3. The van der Waals surface area contributed by atoms with Crippen molar-refractivity contribution < 1.29 is 22.8 Å². The smallest absolute Gasteiger partial charge is 0.367 e. The van der Waals surface area contributed by atoms with E-state index in [1.165, 1.54) is 6.20 Å².